The second-order valence-electron chi connectivity index (χ2n) is 3.49. The summed E-state index contributed by atoms with van der Waals surface area (Å²) in [6.07, 6.45) is -5.00. The van der Waals surface area contributed by atoms with Crippen molar-refractivity contribution in [3.05, 3.63) is 36.3 Å². The number of benzene rings is 1. The molecule has 0 saturated heterocycles. The third-order valence-electron chi connectivity index (χ3n) is 2.22. The Hall–Kier alpha value is -2.35. The number of rotatable bonds is 3. The maximum absolute atomic E-state index is 12.8. The first kappa shape index (κ1) is 16.7. The van der Waals surface area contributed by atoms with Crippen molar-refractivity contribution in [1.82, 2.24) is 0 Å². The lowest BCUT2D eigenvalue weighted by atomic mass is 10.1. The first-order valence-corrected chi connectivity index (χ1v) is 5.80. The summed E-state index contributed by atoms with van der Waals surface area (Å²) in [5.74, 6) is 2.27. The highest BCUT2D eigenvalue weighted by molar-refractivity contribution is 9.10. The molecule has 0 amide bonds. The molecule has 11 heteroatoms. The highest BCUT2D eigenvalue weighted by atomic mass is 79.9. The van der Waals surface area contributed by atoms with Crippen LogP contribution in [0, 0.1) is 32.2 Å². The molecule has 21 heavy (non-hydrogen) atoms. The van der Waals surface area contributed by atoms with Gasteiger partial charge in [0, 0.05) is 12.1 Å². The van der Waals surface area contributed by atoms with Gasteiger partial charge in [-0.25, -0.2) is 0 Å². The Morgan fingerprint density at radius 2 is 1.86 bits per heavy atom. The Morgan fingerprint density at radius 3 is 2.24 bits per heavy atom. The molecule has 0 fully saturated rings. The molecular weight excluding hydrogens is 363 g/mol. The van der Waals surface area contributed by atoms with Crippen molar-refractivity contribution in [2.45, 2.75) is 13.1 Å². The number of hydrogen-bond donors (Lipinski definition) is 1. The SMILES string of the molecule is CC#CNc1c([N+](=O)[O-])cc(C(F)(F)F)c(Br)c1[N+](=O)[O-]. The molecule has 0 atom stereocenters. The summed E-state index contributed by atoms with van der Waals surface area (Å²) in [7, 11) is 0. The van der Waals surface area contributed by atoms with E-state index in [-0.39, 0.29) is 6.07 Å². The maximum Gasteiger partial charge on any atom is 0.418 e. The highest BCUT2D eigenvalue weighted by Crippen LogP contribution is 2.47. The zero-order chi connectivity index (χ0) is 16.4. The number of halogens is 4. The van der Waals surface area contributed by atoms with Crippen molar-refractivity contribution >= 4 is 33.0 Å². The molecule has 7 nitrogen and oxygen atoms in total. The normalized spacial score (nSPS) is 10.5. The van der Waals surface area contributed by atoms with E-state index < -0.39 is 43.1 Å². The molecule has 1 N–H and O–H groups in total. The molecule has 1 aromatic carbocycles. The van der Waals surface area contributed by atoms with E-state index in [1.807, 2.05) is 0 Å². The minimum atomic E-state index is -5.00. The van der Waals surface area contributed by atoms with E-state index in [1.54, 1.807) is 0 Å². The third kappa shape index (κ3) is 3.40. The van der Waals surface area contributed by atoms with Crippen molar-refractivity contribution in [2.75, 3.05) is 5.32 Å². The molecule has 0 aliphatic carbocycles. The summed E-state index contributed by atoms with van der Waals surface area (Å²) >= 11 is 2.47. The molecule has 0 aliphatic rings. The first-order chi connectivity index (χ1) is 9.61. The Kier molecular flexibility index (Phi) is 4.74. The van der Waals surface area contributed by atoms with E-state index >= 15 is 0 Å². The summed E-state index contributed by atoms with van der Waals surface area (Å²) < 4.78 is 37.5. The van der Waals surface area contributed by atoms with Gasteiger partial charge in [0.1, 0.15) is 4.47 Å². The molecule has 0 aromatic heterocycles. The summed E-state index contributed by atoms with van der Waals surface area (Å²) in [5.41, 5.74) is -4.45. The Balaban J connectivity index is 3.84. The zero-order valence-electron chi connectivity index (χ0n) is 10.1. The van der Waals surface area contributed by atoms with Crippen LogP contribution in [0.4, 0.5) is 30.2 Å². The van der Waals surface area contributed by atoms with E-state index in [2.05, 4.69) is 33.2 Å². The van der Waals surface area contributed by atoms with Gasteiger partial charge in [-0.15, -0.1) is 0 Å². The smallest absolute Gasteiger partial charge is 0.303 e. The number of alkyl halides is 3. The fourth-order valence-electron chi connectivity index (χ4n) is 1.40. The molecule has 1 rings (SSSR count). The van der Waals surface area contributed by atoms with Crippen molar-refractivity contribution in [2.24, 2.45) is 0 Å². The molecule has 0 unspecified atom stereocenters. The molecule has 0 saturated carbocycles. The predicted molar refractivity (Wildman–Crippen MR) is 69.5 cm³/mol. The van der Waals surface area contributed by atoms with Gasteiger partial charge < -0.3 is 5.32 Å². The Bertz CT molecular complexity index is 679. The average molecular weight is 368 g/mol. The minimum absolute atomic E-state index is 0.205. The Labute approximate surface area is 123 Å². The minimum Gasteiger partial charge on any atom is -0.303 e. The third-order valence-corrected chi connectivity index (χ3v) is 3.02. The standard InChI is InChI=1S/C10H5BrF3N3O4/c1-2-3-15-8-6(16(18)19)4-5(10(12,13)14)7(11)9(8)17(20)21/h4,15H,1H3. The van der Waals surface area contributed by atoms with Gasteiger partial charge in [-0.3, -0.25) is 20.2 Å². The summed E-state index contributed by atoms with van der Waals surface area (Å²) in [5, 5.41) is 23.9. The predicted octanol–water partition coefficient (Wildman–Crippen LogP) is 3.68. The molecule has 0 radical (unpaired) electrons. The summed E-state index contributed by atoms with van der Waals surface area (Å²) in [4.78, 5) is 19.5. The van der Waals surface area contributed by atoms with Gasteiger partial charge >= 0.3 is 17.6 Å². The molecular formula is C10H5BrF3N3O4. The van der Waals surface area contributed by atoms with E-state index in [0.717, 1.165) is 0 Å². The summed E-state index contributed by atoms with van der Waals surface area (Å²) in [6, 6.07) is 2.33. The van der Waals surface area contributed by atoms with E-state index in [1.165, 1.54) is 6.92 Å². The number of anilines is 1. The average Bonchev–Trinajstić information content (AvgIpc) is 2.33. The molecule has 112 valence electrons. The number of nitro benzene ring substituents is 2. The number of nitrogens with zero attached hydrogens (tertiary/aromatic N) is 2. The van der Waals surface area contributed by atoms with E-state index in [9.17, 15) is 33.4 Å². The van der Waals surface area contributed by atoms with Gasteiger partial charge in [0.05, 0.1) is 15.4 Å². The molecule has 0 bridgehead atoms. The van der Waals surface area contributed by atoms with Crippen LogP contribution in [-0.4, -0.2) is 9.85 Å². The van der Waals surface area contributed by atoms with Gasteiger partial charge in [0.2, 0.25) is 5.69 Å². The summed E-state index contributed by atoms with van der Waals surface area (Å²) in [6.45, 7) is 1.34. The van der Waals surface area contributed by atoms with Crippen LogP contribution >= 0.6 is 15.9 Å². The van der Waals surface area contributed by atoms with Crippen molar-refractivity contribution in [3.8, 4) is 12.0 Å². The molecule has 0 spiro atoms. The monoisotopic (exact) mass is 367 g/mol. The second-order valence-corrected chi connectivity index (χ2v) is 4.29. The van der Waals surface area contributed by atoms with Crippen molar-refractivity contribution in [3.63, 3.8) is 0 Å². The molecule has 1 aromatic rings. The topological polar surface area (TPSA) is 98.3 Å². The fraction of sp³-hybridized carbons (Fsp3) is 0.200. The van der Waals surface area contributed by atoms with Gasteiger partial charge in [-0.2, -0.15) is 13.2 Å². The quantitative estimate of drug-likeness (QED) is 0.380. The van der Waals surface area contributed by atoms with Crippen LogP contribution in [0.3, 0.4) is 0 Å². The van der Waals surface area contributed by atoms with Gasteiger partial charge in [0.25, 0.3) is 0 Å². The largest absolute Gasteiger partial charge is 0.418 e. The molecule has 0 aliphatic heterocycles. The van der Waals surface area contributed by atoms with Crippen LogP contribution in [0.2, 0.25) is 0 Å². The second kappa shape index (κ2) is 5.96. The lowest BCUT2D eigenvalue weighted by Gasteiger charge is -2.11. The zero-order valence-corrected chi connectivity index (χ0v) is 11.7. The molecule has 0 heterocycles. The van der Waals surface area contributed by atoms with Crippen LogP contribution in [0.15, 0.2) is 10.5 Å². The fourth-order valence-corrected chi connectivity index (χ4v) is 2.08. The van der Waals surface area contributed by atoms with Gasteiger partial charge in [-0.05, 0) is 22.9 Å². The van der Waals surface area contributed by atoms with Crippen LogP contribution in [-0.2, 0) is 6.18 Å². The lowest BCUT2D eigenvalue weighted by Crippen LogP contribution is -2.11. The van der Waals surface area contributed by atoms with Crippen molar-refractivity contribution < 1.29 is 23.0 Å². The Morgan fingerprint density at radius 1 is 1.29 bits per heavy atom. The van der Waals surface area contributed by atoms with Crippen molar-refractivity contribution in [1.29, 1.82) is 0 Å². The van der Waals surface area contributed by atoms with E-state index in [0.29, 0.717) is 0 Å². The van der Waals surface area contributed by atoms with Gasteiger partial charge in [0.15, 0.2) is 0 Å². The van der Waals surface area contributed by atoms with E-state index in [4.69, 9.17) is 0 Å². The number of nitrogens with one attached hydrogen (secondary N) is 1. The van der Waals surface area contributed by atoms with Gasteiger partial charge in [-0.1, -0.05) is 5.92 Å². The van der Waals surface area contributed by atoms with Crippen LogP contribution in [0.1, 0.15) is 12.5 Å². The number of nitro groups is 2. The number of hydrogen-bond acceptors (Lipinski definition) is 5. The highest BCUT2D eigenvalue weighted by Gasteiger charge is 2.41. The van der Waals surface area contributed by atoms with Crippen LogP contribution in [0.5, 0.6) is 0 Å². The first-order valence-electron chi connectivity index (χ1n) is 5.01. The lowest BCUT2D eigenvalue weighted by molar-refractivity contribution is -0.393. The van der Waals surface area contributed by atoms with Crippen LogP contribution in [0.25, 0.3) is 0 Å². The van der Waals surface area contributed by atoms with Crippen LogP contribution < -0.4 is 5.32 Å². The maximum atomic E-state index is 12.8.